The van der Waals surface area contributed by atoms with Crippen molar-refractivity contribution in [2.75, 3.05) is 26.7 Å². The Labute approximate surface area is 124 Å². The Kier molecular flexibility index (Phi) is 4.92. The van der Waals surface area contributed by atoms with Crippen molar-refractivity contribution in [2.45, 2.75) is 17.7 Å². The summed E-state index contributed by atoms with van der Waals surface area (Å²) in [5.41, 5.74) is -0.395. The first-order valence-corrected chi connectivity index (χ1v) is 8.30. The smallest absolute Gasteiger partial charge is 0.289 e. The second-order valence-electron chi connectivity index (χ2n) is 5.32. The predicted molar refractivity (Wildman–Crippen MR) is 78.5 cm³/mol. The van der Waals surface area contributed by atoms with Gasteiger partial charge < -0.3 is 4.90 Å². The van der Waals surface area contributed by atoms with Gasteiger partial charge in [0.15, 0.2) is 4.90 Å². The van der Waals surface area contributed by atoms with Crippen molar-refractivity contribution in [3.05, 3.63) is 34.4 Å². The molecule has 0 saturated carbocycles. The van der Waals surface area contributed by atoms with E-state index in [2.05, 4.69) is 9.62 Å². The van der Waals surface area contributed by atoms with Crippen molar-refractivity contribution < 1.29 is 13.3 Å². The first kappa shape index (κ1) is 15.9. The number of para-hydroxylation sites is 1. The largest absolute Gasteiger partial charge is 0.306 e. The standard InChI is InChI=1S/C13H19N3O4S/c1-15-8-6-11(7-9-15)10-14-21(19,20)13-5-3-2-4-12(13)16(17)18/h2-5,11,14H,6-10H2,1H3. The van der Waals surface area contributed by atoms with Crippen molar-refractivity contribution in [3.63, 3.8) is 0 Å². The molecule has 1 N–H and O–H groups in total. The SMILES string of the molecule is CN1CCC(CNS(=O)(=O)c2ccccc2[N+](=O)[O-])CC1. The lowest BCUT2D eigenvalue weighted by Crippen LogP contribution is -2.37. The third-order valence-electron chi connectivity index (χ3n) is 3.75. The number of rotatable bonds is 5. The zero-order valence-electron chi connectivity index (χ0n) is 11.9. The highest BCUT2D eigenvalue weighted by molar-refractivity contribution is 7.89. The van der Waals surface area contributed by atoms with Gasteiger partial charge in [-0.1, -0.05) is 12.1 Å². The maximum absolute atomic E-state index is 12.2. The number of nitrogens with one attached hydrogen (secondary N) is 1. The second-order valence-corrected chi connectivity index (χ2v) is 7.06. The lowest BCUT2D eigenvalue weighted by Gasteiger charge is -2.28. The summed E-state index contributed by atoms with van der Waals surface area (Å²) in [7, 11) is -1.82. The number of piperidine rings is 1. The fourth-order valence-corrected chi connectivity index (χ4v) is 3.69. The molecule has 7 nitrogen and oxygen atoms in total. The quantitative estimate of drug-likeness (QED) is 0.651. The molecule has 0 aliphatic carbocycles. The van der Waals surface area contributed by atoms with Crippen LogP contribution >= 0.6 is 0 Å². The minimum Gasteiger partial charge on any atom is -0.306 e. The highest BCUT2D eigenvalue weighted by atomic mass is 32.2. The highest BCUT2D eigenvalue weighted by Gasteiger charge is 2.26. The molecule has 8 heteroatoms. The molecule has 0 spiro atoms. The fourth-order valence-electron chi connectivity index (χ4n) is 2.41. The molecule has 0 bridgehead atoms. The van der Waals surface area contributed by atoms with Crippen LogP contribution in [0.25, 0.3) is 0 Å². The second kappa shape index (κ2) is 6.50. The maximum Gasteiger partial charge on any atom is 0.289 e. The minimum atomic E-state index is -3.85. The van der Waals surface area contributed by atoms with Crippen molar-refractivity contribution in [1.82, 2.24) is 9.62 Å². The normalized spacial score (nSPS) is 17.8. The van der Waals surface area contributed by atoms with E-state index in [9.17, 15) is 18.5 Å². The molecule has 0 radical (unpaired) electrons. The van der Waals surface area contributed by atoms with Crippen LogP contribution in [0.3, 0.4) is 0 Å². The van der Waals surface area contributed by atoms with Gasteiger partial charge in [0.1, 0.15) is 0 Å². The summed E-state index contributed by atoms with van der Waals surface area (Å²) in [5.74, 6) is 0.277. The molecule has 1 aromatic carbocycles. The number of likely N-dealkylation sites (tertiary alicyclic amines) is 1. The Morgan fingerprint density at radius 2 is 1.95 bits per heavy atom. The van der Waals surface area contributed by atoms with Gasteiger partial charge in [0.05, 0.1) is 4.92 Å². The molecular formula is C13H19N3O4S. The molecule has 2 rings (SSSR count). The molecule has 0 atom stereocenters. The van der Waals surface area contributed by atoms with Crippen LogP contribution in [0.1, 0.15) is 12.8 Å². The Bertz CT molecular complexity index is 610. The van der Waals surface area contributed by atoms with Crippen LogP contribution in [0, 0.1) is 16.0 Å². The van der Waals surface area contributed by atoms with Gasteiger partial charge in [-0.3, -0.25) is 10.1 Å². The predicted octanol–water partition coefficient (Wildman–Crippen LogP) is 1.21. The van der Waals surface area contributed by atoms with Crippen LogP contribution in [0.2, 0.25) is 0 Å². The molecule has 21 heavy (non-hydrogen) atoms. The Hall–Kier alpha value is -1.51. The van der Waals surface area contributed by atoms with E-state index in [0.29, 0.717) is 6.54 Å². The third kappa shape index (κ3) is 3.99. The number of nitro benzene ring substituents is 1. The van der Waals surface area contributed by atoms with Gasteiger partial charge in [-0.05, 0) is 45.0 Å². The van der Waals surface area contributed by atoms with E-state index in [1.54, 1.807) is 0 Å². The topological polar surface area (TPSA) is 92.6 Å². The summed E-state index contributed by atoms with van der Waals surface area (Å²) in [5, 5.41) is 10.9. The van der Waals surface area contributed by atoms with E-state index in [1.807, 2.05) is 7.05 Å². The molecule has 1 aromatic rings. The molecule has 0 aromatic heterocycles. The molecule has 1 fully saturated rings. The summed E-state index contributed by atoms with van der Waals surface area (Å²) >= 11 is 0. The van der Waals surface area contributed by atoms with Gasteiger partial charge in [-0.2, -0.15) is 0 Å². The zero-order chi connectivity index (χ0) is 15.5. The van der Waals surface area contributed by atoms with Crippen molar-refractivity contribution in [3.8, 4) is 0 Å². The summed E-state index contributed by atoms with van der Waals surface area (Å²) < 4.78 is 27.0. The fraction of sp³-hybridized carbons (Fsp3) is 0.538. The number of benzene rings is 1. The molecule has 1 saturated heterocycles. The molecule has 0 unspecified atom stereocenters. The summed E-state index contributed by atoms with van der Waals surface area (Å²) in [4.78, 5) is 12.2. The van der Waals surface area contributed by atoms with Crippen LogP contribution in [0.15, 0.2) is 29.2 Å². The van der Waals surface area contributed by atoms with Gasteiger partial charge in [-0.25, -0.2) is 13.1 Å². The van der Waals surface area contributed by atoms with Gasteiger partial charge in [0.2, 0.25) is 10.0 Å². The third-order valence-corrected chi connectivity index (χ3v) is 5.22. The van der Waals surface area contributed by atoms with E-state index in [0.717, 1.165) is 25.9 Å². The summed E-state index contributed by atoms with van der Waals surface area (Å²) in [6.45, 7) is 2.21. The van der Waals surface area contributed by atoms with Crippen LogP contribution in [-0.4, -0.2) is 44.9 Å². The molecule has 1 aliphatic rings. The van der Waals surface area contributed by atoms with E-state index < -0.39 is 20.6 Å². The average molecular weight is 313 g/mol. The monoisotopic (exact) mass is 313 g/mol. The zero-order valence-corrected chi connectivity index (χ0v) is 12.7. The van der Waals surface area contributed by atoms with Gasteiger partial charge in [0.25, 0.3) is 5.69 Å². The van der Waals surface area contributed by atoms with Crippen molar-refractivity contribution in [1.29, 1.82) is 0 Å². The first-order valence-electron chi connectivity index (χ1n) is 6.82. The van der Waals surface area contributed by atoms with Crippen LogP contribution < -0.4 is 4.72 Å². The number of nitro groups is 1. The first-order chi connectivity index (χ1) is 9.90. The lowest BCUT2D eigenvalue weighted by atomic mass is 9.98. The summed E-state index contributed by atoms with van der Waals surface area (Å²) in [6.07, 6.45) is 1.85. The molecule has 0 amide bonds. The molecule has 116 valence electrons. The van der Waals surface area contributed by atoms with Gasteiger partial charge in [0, 0.05) is 12.6 Å². The van der Waals surface area contributed by atoms with Crippen molar-refractivity contribution in [2.24, 2.45) is 5.92 Å². The summed E-state index contributed by atoms with van der Waals surface area (Å²) in [6, 6.07) is 5.39. The maximum atomic E-state index is 12.2. The molecule has 1 aliphatic heterocycles. The van der Waals surface area contributed by atoms with Crippen LogP contribution in [0.4, 0.5) is 5.69 Å². The Balaban J connectivity index is 2.07. The number of hydrogen-bond acceptors (Lipinski definition) is 5. The minimum absolute atomic E-state index is 0.275. The lowest BCUT2D eigenvalue weighted by molar-refractivity contribution is -0.387. The number of hydrogen-bond donors (Lipinski definition) is 1. The molecule has 1 heterocycles. The Morgan fingerprint density at radius 3 is 2.57 bits per heavy atom. The van der Waals surface area contributed by atoms with Crippen molar-refractivity contribution >= 4 is 15.7 Å². The van der Waals surface area contributed by atoms with E-state index >= 15 is 0 Å². The average Bonchev–Trinajstić information content (AvgIpc) is 2.47. The van der Waals surface area contributed by atoms with Crippen LogP contribution in [0.5, 0.6) is 0 Å². The number of nitrogens with zero attached hydrogens (tertiary/aromatic N) is 2. The van der Waals surface area contributed by atoms with Crippen LogP contribution in [-0.2, 0) is 10.0 Å². The number of sulfonamides is 1. The molecular weight excluding hydrogens is 294 g/mol. The van der Waals surface area contributed by atoms with Gasteiger partial charge in [-0.15, -0.1) is 0 Å². The Morgan fingerprint density at radius 1 is 1.33 bits per heavy atom. The van der Waals surface area contributed by atoms with Gasteiger partial charge >= 0.3 is 0 Å². The van der Waals surface area contributed by atoms with E-state index in [1.165, 1.54) is 24.3 Å². The van der Waals surface area contributed by atoms with E-state index in [-0.39, 0.29) is 10.8 Å². The van der Waals surface area contributed by atoms with E-state index in [4.69, 9.17) is 0 Å². The highest BCUT2D eigenvalue weighted by Crippen LogP contribution is 2.23.